The number of aromatic amines is 1. The van der Waals surface area contributed by atoms with Crippen molar-refractivity contribution in [2.24, 2.45) is 0 Å². The van der Waals surface area contributed by atoms with Gasteiger partial charge < -0.3 is 4.98 Å². The van der Waals surface area contributed by atoms with Crippen LogP contribution < -0.4 is 10.0 Å². The lowest BCUT2D eigenvalue weighted by Crippen LogP contribution is -2.13. The lowest BCUT2D eigenvalue weighted by Gasteiger charge is -2.06. The number of hydrogen-bond acceptors (Lipinski definition) is 5. The van der Waals surface area contributed by atoms with Crippen LogP contribution in [0.5, 0.6) is 0 Å². The number of fused-ring (bicyclic) bond motifs is 1. The summed E-state index contributed by atoms with van der Waals surface area (Å²) < 4.78 is 25.1. The Labute approximate surface area is 165 Å². The number of aromatic nitrogens is 2. The molecular weight excluding hydrogens is 396 g/mol. The highest BCUT2D eigenvalue weighted by Crippen LogP contribution is 2.31. The summed E-state index contributed by atoms with van der Waals surface area (Å²) in [5, 5.41) is 6.17. The standard InChI is InChI=1S/C19H16N4O3S2/c1-28(25,26)23-13-6-4-5-12(9-13)18(24)22-19-21-17(11-27-19)15-10-20-16-8-3-2-7-14(15)16/h2-11,20,23H,1H3,(H,21,22,24). The maximum Gasteiger partial charge on any atom is 0.257 e. The van der Waals surface area contributed by atoms with E-state index in [4.69, 9.17) is 0 Å². The zero-order chi connectivity index (χ0) is 19.7. The number of anilines is 2. The summed E-state index contributed by atoms with van der Waals surface area (Å²) in [4.78, 5) is 20.2. The third-order valence-electron chi connectivity index (χ3n) is 4.02. The van der Waals surface area contributed by atoms with Crippen LogP contribution in [0, 0.1) is 0 Å². The van der Waals surface area contributed by atoms with E-state index in [1.54, 1.807) is 18.2 Å². The Morgan fingerprint density at radius 2 is 1.96 bits per heavy atom. The molecule has 0 atom stereocenters. The molecule has 4 rings (SSSR count). The first-order valence-electron chi connectivity index (χ1n) is 8.30. The molecule has 3 N–H and O–H groups in total. The van der Waals surface area contributed by atoms with Gasteiger partial charge in [0.25, 0.3) is 5.91 Å². The maximum absolute atomic E-state index is 12.5. The molecule has 142 valence electrons. The van der Waals surface area contributed by atoms with Crippen LogP contribution in [-0.4, -0.2) is 30.5 Å². The van der Waals surface area contributed by atoms with Crippen LogP contribution >= 0.6 is 11.3 Å². The second kappa shape index (κ2) is 7.10. The molecule has 0 bridgehead atoms. The monoisotopic (exact) mass is 412 g/mol. The Morgan fingerprint density at radius 1 is 1.14 bits per heavy atom. The molecule has 7 nitrogen and oxygen atoms in total. The molecule has 0 fully saturated rings. The van der Waals surface area contributed by atoms with Gasteiger partial charge in [0.05, 0.1) is 11.9 Å². The molecule has 2 heterocycles. The molecule has 0 saturated heterocycles. The summed E-state index contributed by atoms with van der Waals surface area (Å²) in [7, 11) is -3.41. The molecule has 0 radical (unpaired) electrons. The minimum Gasteiger partial charge on any atom is -0.360 e. The van der Waals surface area contributed by atoms with Crippen molar-refractivity contribution in [3.05, 3.63) is 65.7 Å². The Morgan fingerprint density at radius 3 is 2.79 bits per heavy atom. The molecule has 1 amide bonds. The van der Waals surface area contributed by atoms with Crippen LogP contribution in [0.25, 0.3) is 22.2 Å². The van der Waals surface area contributed by atoms with E-state index < -0.39 is 10.0 Å². The van der Waals surface area contributed by atoms with Crippen LogP contribution in [0.15, 0.2) is 60.1 Å². The Kier molecular flexibility index (Phi) is 4.62. The highest BCUT2D eigenvalue weighted by atomic mass is 32.2. The first-order valence-corrected chi connectivity index (χ1v) is 11.1. The van der Waals surface area contributed by atoms with E-state index in [0.717, 1.165) is 28.4 Å². The van der Waals surface area contributed by atoms with E-state index in [1.807, 2.05) is 35.8 Å². The average molecular weight is 412 g/mol. The predicted octanol–water partition coefficient (Wildman–Crippen LogP) is 3.92. The van der Waals surface area contributed by atoms with Crippen LogP contribution in [0.1, 0.15) is 10.4 Å². The van der Waals surface area contributed by atoms with E-state index in [9.17, 15) is 13.2 Å². The minimum atomic E-state index is -3.41. The number of sulfonamides is 1. The van der Waals surface area contributed by atoms with Crippen molar-refractivity contribution >= 4 is 49.0 Å². The number of para-hydroxylation sites is 1. The fraction of sp³-hybridized carbons (Fsp3) is 0.0526. The van der Waals surface area contributed by atoms with E-state index in [1.165, 1.54) is 17.4 Å². The first kappa shape index (κ1) is 18.2. The van der Waals surface area contributed by atoms with Crippen molar-refractivity contribution in [2.75, 3.05) is 16.3 Å². The van der Waals surface area contributed by atoms with Gasteiger partial charge in [0, 0.05) is 39.3 Å². The SMILES string of the molecule is CS(=O)(=O)Nc1cccc(C(=O)Nc2nc(-c3c[nH]c4ccccc34)cs2)c1. The zero-order valence-corrected chi connectivity index (χ0v) is 16.4. The summed E-state index contributed by atoms with van der Waals surface area (Å²) in [6.07, 6.45) is 2.95. The minimum absolute atomic E-state index is 0.328. The molecule has 0 aliphatic rings. The van der Waals surface area contributed by atoms with Crippen molar-refractivity contribution < 1.29 is 13.2 Å². The number of rotatable bonds is 5. The summed E-state index contributed by atoms with van der Waals surface area (Å²) in [5.41, 5.74) is 3.41. The summed E-state index contributed by atoms with van der Waals surface area (Å²) in [6.45, 7) is 0. The molecule has 9 heteroatoms. The molecular formula is C19H16N4O3S2. The fourth-order valence-corrected chi connectivity index (χ4v) is 4.11. The maximum atomic E-state index is 12.5. The molecule has 2 aromatic carbocycles. The highest BCUT2D eigenvalue weighted by Gasteiger charge is 2.13. The number of amides is 1. The Hall–Kier alpha value is -3.17. The molecule has 4 aromatic rings. The van der Waals surface area contributed by atoms with Gasteiger partial charge in [-0.2, -0.15) is 0 Å². The number of hydrogen-bond donors (Lipinski definition) is 3. The molecule has 2 aromatic heterocycles. The van der Waals surface area contributed by atoms with Gasteiger partial charge in [-0.3, -0.25) is 14.8 Å². The van der Waals surface area contributed by atoms with Gasteiger partial charge in [0.15, 0.2) is 5.13 Å². The zero-order valence-electron chi connectivity index (χ0n) is 14.8. The quantitative estimate of drug-likeness (QED) is 0.462. The molecule has 0 unspecified atom stereocenters. The van der Waals surface area contributed by atoms with Crippen LogP contribution in [0.4, 0.5) is 10.8 Å². The fourth-order valence-electron chi connectivity index (χ4n) is 2.85. The topological polar surface area (TPSA) is 104 Å². The first-order chi connectivity index (χ1) is 13.4. The number of carbonyl (C=O) groups is 1. The third-order valence-corrected chi connectivity index (χ3v) is 5.38. The van der Waals surface area contributed by atoms with Crippen molar-refractivity contribution in [3.63, 3.8) is 0 Å². The third kappa shape index (κ3) is 3.90. The number of carbonyl (C=O) groups excluding carboxylic acids is 1. The van der Waals surface area contributed by atoms with Gasteiger partial charge in [0.2, 0.25) is 10.0 Å². The van der Waals surface area contributed by atoms with Crippen molar-refractivity contribution in [2.45, 2.75) is 0 Å². The van der Waals surface area contributed by atoms with Gasteiger partial charge in [-0.15, -0.1) is 11.3 Å². The molecule has 0 aliphatic heterocycles. The van der Waals surface area contributed by atoms with Gasteiger partial charge in [-0.25, -0.2) is 13.4 Å². The number of nitrogens with one attached hydrogen (secondary N) is 3. The normalized spacial score (nSPS) is 11.5. The van der Waals surface area contributed by atoms with Crippen LogP contribution in [0.2, 0.25) is 0 Å². The summed E-state index contributed by atoms with van der Waals surface area (Å²) in [6, 6.07) is 14.2. The lowest BCUT2D eigenvalue weighted by atomic mass is 10.1. The molecule has 0 aliphatic carbocycles. The number of thiazole rings is 1. The predicted molar refractivity (Wildman–Crippen MR) is 112 cm³/mol. The second-order valence-corrected chi connectivity index (χ2v) is 8.80. The van der Waals surface area contributed by atoms with E-state index in [-0.39, 0.29) is 5.91 Å². The van der Waals surface area contributed by atoms with Gasteiger partial charge in [-0.05, 0) is 24.3 Å². The summed E-state index contributed by atoms with van der Waals surface area (Å²) >= 11 is 1.33. The van der Waals surface area contributed by atoms with Gasteiger partial charge >= 0.3 is 0 Å². The lowest BCUT2D eigenvalue weighted by molar-refractivity contribution is 0.102. The molecule has 28 heavy (non-hydrogen) atoms. The van der Waals surface area contributed by atoms with Crippen LogP contribution in [0.3, 0.4) is 0 Å². The van der Waals surface area contributed by atoms with Crippen molar-refractivity contribution in [3.8, 4) is 11.3 Å². The van der Waals surface area contributed by atoms with Crippen molar-refractivity contribution in [1.82, 2.24) is 9.97 Å². The molecule has 0 saturated carbocycles. The van der Waals surface area contributed by atoms with E-state index >= 15 is 0 Å². The Bertz CT molecular complexity index is 1280. The van der Waals surface area contributed by atoms with E-state index in [2.05, 4.69) is 20.0 Å². The number of benzene rings is 2. The van der Waals surface area contributed by atoms with Crippen LogP contribution in [-0.2, 0) is 10.0 Å². The van der Waals surface area contributed by atoms with Crippen molar-refractivity contribution in [1.29, 1.82) is 0 Å². The second-order valence-electron chi connectivity index (χ2n) is 6.19. The Balaban J connectivity index is 1.54. The largest absolute Gasteiger partial charge is 0.360 e. The number of H-pyrrole nitrogens is 1. The molecule has 0 spiro atoms. The highest BCUT2D eigenvalue weighted by molar-refractivity contribution is 7.92. The smallest absolute Gasteiger partial charge is 0.257 e. The van der Waals surface area contributed by atoms with E-state index in [0.29, 0.717) is 16.4 Å². The summed E-state index contributed by atoms with van der Waals surface area (Å²) in [5.74, 6) is -0.364. The van der Waals surface area contributed by atoms with Gasteiger partial charge in [0.1, 0.15) is 0 Å². The van der Waals surface area contributed by atoms with Gasteiger partial charge in [-0.1, -0.05) is 24.3 Å². The average Bonchev–Trinajstić information content (AvgIpc) is 3.27. The number of nitrogens with zero attached hydrogens (tertiary/aromatic N) is 1.